The van der Waals surface area contributed by atoms with E-state index in [1.807, 2.05) is 54.6 Å². The zero-order valence-electron chi connectivity index (χ0n) is 18.4. The monoisotopic (exact) mass is 424 g/mol. The first-order chi connectivity index (χ1) is 15.1. The van der Waals surface area contributed by atoms with E-state index in [9.17, 15) is 9.59 Å². The molecule has 2 aromatic rings. The molecule has 3 rings (SSSR count). The third kappa shape index (κ3) is 6.21. The highest BCUT2D eigenvalue weighted by Gasteiger charge is 2.25. The topological polar surface area (TPSA) is 65.1 Å². The van der Waals surface area contributed by atoms with Crippen LogP contribution < -0.4 is 10.1 Å². The second-order valence-corrected chi connectivity index (χ2v) is 7.45. The smallest absolute Gasteiger partial charge is 0.322 e. The highest BCUT2D eigenvalue weighted by molar-refractivity contribution is 5.95. The molecule has 0 unspecified atom stereocenters. The van der Waals surface area contributed by atoms with E-state index in [0.717, 1.165) is 19.6 Å². The molecule has 0 bridgehead atoms. The summed E-state index contributed by atoms with van der Waals surface area (Å²) in [6.45, 7) is 9.66. The molecule has 1 N–H and O–H groups in total. The van der Waals surface area contributed by atoms with Gasteiger partial charge in [-0.15, -0.1) is 0 Å². The Hall–Kier alpha value is -3.06. The number of hydrogen-bond donors (Lipinski definition) is 1. The van der Waals surface area contributed by atoms with Gasteiger partial charge in [-0.3, -0.25) is 4.79 Å². The normalized spacial score (nSPS) is 13.9. The molecular formula is C24H32N4O3. The maximum atomic E-state index is 12.8. The van der Waals surface area contributed by atoms with Crippen LogP contribution >= 0.6 is 0 Å². The van der Waals surface area contributed by atoms with E-state index >= 15 is 0 Å². The van der Waals surface area contributed by atoms with Gasteiger partial charge in [0, 0.05) is 38.3 Å². The number of para-hydroxylation sites is 2. The number of rotatable bonds is 8. The summed E-state index contributed by atoms with van der Waals surface area (Å²) in [6, 6.07) is 16.6. The maximum absolute atomic E-state index is 12.8. The lowest BCUT2D eigenvalue weighted by Crippen LogP contribution is -2.51. The Kier molecular flexibility index (Phi) is 8.29. The van der Waals surface area contributed by atoms with Crippen LogP contribution in [0.3, 0.4) is 0 Å². The van der Waals surface area contributed by atoms with E-state index in [2.05, 4.69) is 24.1 Å². The van der Waals surface area contributed by atoms with Crippen molar-refractivity contribution in [3.8, 4) is 5.75 Å². The Morgan fingerprint density at radius 2 is 1.52 bits per heavy atom. The molecule has 1 heterocycles. The van der Waals surface area contributed by atoms with Crippen LogP contribution in [0.4, 0.5) is 10.5 Å². The summed E-state index contributed by atoms with van der Waals surface area (Å²) in [7, 11) is 0. The van der Waals surface area contributed by atoms with Crippen LogP contribution in [0.2, 0.25) is 0 Å². The van der Waals surface area contributed by atoms with Gasteiger partial charge >= 0.3 is 6.03 Å². The summed E-state index contributed by atoms with van der Waals surface area (Å²) in [5, 5.41) is 2.97. The third-order valence-electron chi connectivity index (χ3n) is 5.56. The number of nitrogens with one attached hydrogen (secondary N) is 1. The Morgan fingerprint density at radius 1 is 0.903 bits per heavy atom. The molecule has 1 aliphatic rings. The lowest BCUT2D eigenvalue weighted by atomic mass is 10.2. The number of nitrogens with zero attached hydrogens (tertiary/aromatic N) is 3. The van der Waals surface area contributed by atoms with Crippen molar-refractivity contribution in [2.45, 2.75) is 13.8 Å². The number of piperazine rings is 1. The minimum atomic E-state index is -0.174. The Balaban J connectivity index is 1.51. The van der Waals surface area contributed by atoms with E-state index in [-0.39, 0.29) is 11.9 Å². The van der Waals surface area contributed by atoms with Crippen molar-refractivity contribution >= 4 is 17.6 Å². The molecule has 0 aliphatic carbocycles. The molecule has 1 fully saturated rings. The largest absolute Gasteiger partial charge is 0.490 e. The number of ether oxygens (including phenoxy) is 1. The predicted molar refractivity (Wildman–Crippen MR) is 123 cm³/mol. The molecule has 3 amide bonds. The van der Waals surface area contributed by atoms with Crippen molar-refractivity contribution < 1.29 is 14.3 Å². The number of urea groups is 1. The van der Waals surface area contributed by atoms with Gasteiger partial charge < -0.3 is 24.8 Å². The molecular weight excluding hydrogens is 392 g/mol. The zero-order chi connectivity index (χ0) is 22.1. The van der Waals surface area contributed by atoms with E-state index in [1.54, 1.807) is 9.80 Å². The summed E-state index contributed by atoms with van der Waals surface area (Å²) in [6.07, 6.45) is 0. The van der Waals surface area contributed by atoms with Crippen LogP contribution in [0.25, 0.3) is 0 Å². The summed E-state index contributed by atoms with van der Waals surface area (Å²) in [4.78, 5) is 31.2. The first kappa shape index (κ1) is 22.6. The average Bonchev–Trinajstić information content (AvgIpc) is 2.83. The predicted octanol–water partition coefficient (Wildman–Crippen LogP) is 3.40. The standard InChI is InChI=1S/C24H32N4O3/c1-3-26(4-2)18-19-31-22-13-9-8-12-21(22)25-24(30)28-16-14-27(15-17-28)23(29)20-10-6-5-7-11-20/h5-13H,3-4,14-19H2,1-2H3,(H,25,30). The fourth-order valence-electron chi connectivity index (χ4n) is 3.59. The van der Waals surface area contributed by atoms with Crippen LogP contribution in [0, 0.1) is 0 Å². The molecule has 7 nitrogen and oxygen atoms in total. The van der Waals surface area contributed by atoms with E-state index in [1.165, 1.54) is 0 Å². The van der Waals surface area contributed by atoms with Gasteiger partial charge in [0.25, 0.3) is 5.91 Å². The number of carbonyl (C=O) groups excluding carboxylic acids is 2. The number of carbonyl (C=O) groups is 2. The van der Waals surface area contributed by atoms with Gasteiger partial charge in [0.05, 0.1) is 5.69 Å². The van der Waals surface area contributed by atoms with Gasteiger partial charge in [0.1, 0.15) is 12.4 Å². The molecule has 2 aromatic carbocycles. The Morgan fingerprint density at radius 3 is 2.19 bits per heavy atom. The number of benzene rings is 2. The zero-order valence-corrected chi connectivity index (χ0v) is 18.4. The second kappa shape index (κ2) is 11.4. The van der Waals surface area contributed by atoms with Crippen molar-refractivity contribution in [2.75, 3.05) is 57.7 Å². The summed E-state index contributed by atoms with van der Waals surface area (Å²) < 4.78 is 5.93. The summed E-state index contributed by atoms with van der Waals surface area (Å²) in [5.41, 5.74) is 1.34. The van der Waals surface area contributed by atoms with Crippen LogP contribution in [-0.2, 0) is 0 Å². The van der Waals surface area contributed by atoms with Gasteiger partial charge in [-0.05, 0) is 37.4 Å². The Bertz CT molecular complexity index is 847. The molecule has 0 aromatic heterocycles. The van der Waals surface area contributed by atoms with Crippen molar-refractivity contribution in [2.24, 2.45) is 0 Å². The Labute approximate surface area is 184 Å². The van der Waals surface area contributed by atoms with Crippen LogP contribution in [0.5, 0.6) is 5.75 Å². The highest BCUT2D eigenvalue weighted by Crippen LogP contribution is 2.24. The van der Waals surface area contributed by atoms with Gasteiger partial charge in [0.2, 0.25) is 0 Å². The minimum absolute atomic E-state index is 0.00704. The second-order valence-electron chi connectivity index (χ2n) is 7.45. The SMILES string of the molecule is CCN(CC)CCOc1ccccc1NC(=O)N1CCN(C(=O)c2ccccc2)CC1. The van der Waals surface area contributed by atoms with Crippen molar-refractivity contribution in [3.63, 3.8) is 0 Å². The molecule has 0 spiro atoms. The van der Waals surface area contributed by atoms with Gasteiger partial charge in [-0.2, -0.15) is 0 Å². The van der Waals surface area contributed by atoms with Crippen molar-refractivity contribution in [1.29, 1.82) is 0 Å². The van der Waals surface area contributed by atoms with Crippen LogP contribution in [0.1, 0.15) is 24.2 Å². The van der Waals surface area contributed by atoms with Crippen LogP contribution in [0.15, 0.2) is 54.6 Å². The fraction of sp³-hybridized carbons (Fsp3) is 0.417. The van der Waals surface area contributed by atoms with Crippen molar-refractivity contribution in [1.82, 2.24) is 14.7 Å². The number of amides is 3. The minimum Gasteiger partial charge on any atom is -0.490 e. The number of hydrogen-bond acceptors (Lipinski definition) is 4. The number of anilines is 1. The molecule has 1 saturated heterocycles. The average molecular weight is 425 g/mol. The quantitative estimate of drug-likeness (QED) is 0.705. The van der Waals surface area contributed by atoms with Gasteiger partial charge in [0.15, 0.2) is 0 Å². The van der Waals surface area contributed by atoms with E-state index < -0.39 is 0 Å². The fourth-order valence-corrected chi connectivity index (χ4v) is 3.59. The highest BCUT2D eigenvalue weighted by atomic mass is 16.5. The molecule has 166 valence electrons. The lowest BCUT2D eigenvalue weighted by Gasteiger charge is -2.34. The number of likely N-dealkylation sites (N-methyl/N-ethyl adjacent to an activating group) is 1. The van der Waals surface area contributed by atoms with E-state index in [0.29, 0.717) is 49.8 Å². The van der Waals surface area contributed by atoms with Crippen LogP contribution in [-0.4, -0.2) is 79.1 Å². The summed E-state index contributed by atoms with van der Waals surface area (Å²) in [5.74, 6) is 0.675. The molecule has 1 aliphatic heterocycles. The lowest BCUT2D eigenvalue weighted by molar-refractivity contribution is 0.0671. The third-order valence-corrected chi connectivity index (χ3v) is 5.56. The van der Waals surface area contributed by atoms with E-state index in [4.69, 9.17) is 4.74 Å². The molecule has 0 atom stereocenters. The molecule has 0 radical (unpaired) electrons. The first-order valence-corrected chi connectivity index (χ1v) is 11.0. The maximum Gasteiger partial charge on any atom is 0.322 e. The van der Waals surface area contributed by atoms with Gasteiger partial charge in [-0.1, -0.05) is 44.2 Å². The molecule has 0 saturated carbocycles. The molecule has 31 heavy (non-hydrogen) atoms. The summed E-state index contributed by atoms with van der Waals surface area (Å²) >= 11 is 0. The molecule has 7 heteroatoms. The first-order valence-electron chi connectivity index (χ1n) is 11.0. The van der Waals surface area contributed by atoms with Crippen molar-refractivity contribution in [3.05, 3.63) is 60.2 Å². The van der Waals surface area contributed by atoms with Gasteiger partial charge in [-0.25, -0.2) is 4.79 Å².